The fourth-order valence-corrected chi connectivity index (χ4v) is 9.25. The third-order valence-electron chi connectivity index (χ3n) is 12.2. The molecule has 0 atom stereocenters. The van der Waals surface area contributed by atoms with Gasteiger partial charge in [0, 0.05) is 38.6 Å². The number of hydrogen-bond acceptors (Lipinski definition) is 2. The van der Waals surface area contributed by atoms with Crippen LogP contribution >= 0.6 is 0 Å². The number of fused-ring (bicyclic) bond motifs is 8. The Labute approximate surface area is 353 Å². The fraction of sp³-hybridized carbons (Fsp3) is 0. The smallest absolute Gasteiger partial charge is 0.160 e. The van der Waals surface area contributed by atoms with Gasteiger partial charge in [-0.15, -0.1) is 0 Å². The van der Waals surface area contributed by atoms with Gasteiger partial charge < -0.3 is 13.9 Å². The number of furan rings is 1. The lowest BCUT2D eigenvalue weighted by Gasteiger charge is -2.26. The fourth-order valence-electron chi connectivity index (χ4n) is 9.25. The van der Waals surface area contributed by atoms with Crippen LogP contribution in [0, 0.1) is 0 Å². The maximum Gasteiger partial charge on any atom is 0.160 e. The van der Waals surface area contributed by atoms with Crippen molar-refractivity contribution in [1.29, 1.82) is 0 Å². The van der Waals surface area contributed by atoms with Crippen LogP contribution < -0.4 is 4.90 Å². The average Bonchev–Trinajstić information content (AvgIpc) is 3.89. The molecule has 0 bridgehead atoms. The van der Waals surface area contributed by atoms with Crippen molar-refractivity contribution >= 4 is 71.6 Å². The number of benzene rings is 10. The standard InChI is InChI=1S/C58H38N2O/c1-3-13-39(14-4-1)41-27-32-47(33-28-41)59(55-38-45-15-7-8-18-49(45)57-51-20-10-12-22-56(51)61-58(55)57)48-34-29-42(30-35-48)40-23-25-43(26-24-40)44-31-36-54-52(37-44)50-19-9-11-21-53(50)60(54)46-16-5-2-6-17-46/h1-38H. The summed E-state index contributed by atoms with van der Waals surface area (Å²) in [6, 6.07) is 82.7. The summed E-state index contributed by atoms with van der Waals surface area (Å²) in [5.41, 5.74) is 15.5. The van der Waals surface area contributed by atoms with Crippen LogP contribution in [0.15, 0.2) is 235 Å². The van der Waals surface area contributed by atoms with Crippen molar-refractivity contribution in [1.82, 2.24) is 4.57 Å². The van der Waals surface area contributed by atoms with Gasteiger partial charge in [-0.1, -0.05) is 164 Å². The number of para-hydroxylation sites is 3. The van der Waals surface area contributed by atoms with E-state index in [1.165, 1.54) is 66.1 Å². The van der Waals surface area contributed by atoms with Crippen LogP contribution in [0.1, 0.15) is 0 Å². The highest BCUT2D eigenvalue weighted by atomic mass is 16.3. The van der Waals surface area contributed by atoms with Crippen molar-refractivity contribution in [3.05, 3.63) is 231 Å². The molecule has 10 aromatic carbocycles. The molecular formula is C58H38N2O. The first-order valence-electron chi connectivity index (χ1n) is 20.8. The molecule has 0 aliphatic heterocycles. The van der Waals surface area contributed by atoms with E-state index >= 15 is 0 Å². The molecule has 3 nitrogen and oxygen atoms in total. The van der Waals surface area contributed by atoms with Gasteiger partial charge in [0.15, 0.2) is 5.58 Å². The number of anilines is 3. The number of rotatable bonds is 7. The lowest BCUT2D eigenvalue weighted by molar-refractivity contribution is 0.669. The zero-order valence-electron chi connectivity index (χ0n) is 33.2. The lowest BCUT2D eigenvalue weighted by Crippen LogP contribution is -2.10. The maximum absolute atomic E-state index is 6.77. The van der Waals surface area contributed by atoms with Gasteiger partial charge in [-0.05, 0) is 111 Å². The van der Waals surface area contributed by atoms with Crippen LogP contribution in [-0.2, 0) is 0 Å². The average molecular weight is 779 g/mol. The molecule has 3 heteroatoms. The predicted molar refractivity (Wildman–Crippen MR) is 257 cm³/mol. The monoisotopic (exact) mass is 778 g/mol. The van der Waals surface area contributed by atoms with Gasteiger partial charge in [0.05, 0.1) is 16.7 Å². The minimum absolute atomic E-state index is 0.870. The molecule has 286 valence electrons. The minimum atomic E-state index is 0.870. The summed E-state index contributed by atoms with van der Waals surface area (Å²) in [5.74, 6) is 0. The normalized spacial score (nSPS) is 11.6. The van der Waals surface area contributed by atoms with Crippen LogP contribution in [0.3, 0.4) is 0 Å². The van der Waals surface area contributed by atoms with E-state index in [0.29, 0.717) is 0 Å². The topological polar surface area (TPSA) is 21.3 Å². The Kier molecular flexibility index (Phi) is 8.17. The Morgan fingerprint density at radius 3 is 1.52 bits per heavy atom. The summed E-state index contributed by atoms with van der Waals surface area (Å²) in [4.78, 5) is 2.34. The highest BCUT2D eigenvalue weighted by Gasteiger charge is 2.22. The van der Waals surface area contributed by atoms with E-state index in [2.05, 4.69) is 234 Å². The molecule has 0 fully saturated rings. The number of nitrogens with zero attached hydrogens (tertiary/aromatic N) is 2. The van der Waals surface area contributed by atoms with Gasteiger partial charge in [0.2, 0.25) is 0 Å². The first kappa shape index (κ1) is 34.9. The van der Waals surface area contributed by atoms with Gasteiger partial charge in [0.1, 0.15) is 5.58 Å². The van der Waals surface area contributed by atoms with E-state index in [-0.39, 0.29) is 0 Å². The molecule has 12 aromatic rings. The zero-order chi connectivity index (χ0) is 40.3. The molecule has 0 radical (unpaired) electrons. The lowest BCUT2D eigenvalue weighted by atomic mass is 9.98. The molecule has 0 N–H and O–H groups in total. The molecule has 0 spiro atoms. The van der Waals surface area contributed by atoms with Crippen molar-refractivity contribution < 1.29 is 4.42 Å². The van der Waals surface area contributed by atoms with Crippen molar-refractivity contribution in [2.24, 2.45) is 0 Å². The van der Waals surface area contributed by atoms with Crippen molar-refractivity contribution in [3.8, 4) is 39.1 Å². The summed E-state index contributed by atoms with van der Waals surface area (Å²) in [6.45, 7) is 0. The Hall–Kier alpha value is -8.14. The van der Waals surface area contributed by atoms with Crippen molar-refractivity contribution in [3.63, 3.8) is 0 Å². The van der Waals surface area contributed by atoms with Gasteiger partial charge in [-0.25, -0.2) is 0 Å². The first-order chi connectivity index (χ1) is 30.2. The van der Waals surface area contributed by atoms with E-state index in [1.54, 1.807) is 0 Å². The Balaban J connectivity index is 0.931. The van der Waals surface area contributed by atoms with E-state index in [4.69, 9.17) is 4.42 Å². The number of aromatic nitrogens is 1. The van der Waals surface area contributed by atoms with Crippen LogP contribution in [0.25, 0.3) is 93.6 Å². The predicted octanol–water partition coefficient (Wildman–Crippen LogP) is 16.3. The second kappa shape index (κ2) is 14.3. The number of hydrogen-bond donors (Lipinski definition) is 0. The highest BCUT2D eigenvalue weighted by Crippen LogP contribution is 2.46. The quantitative estimate of drug-likeness (QED) is 0.161. The van der Waals surface area contributed by atoms with Gasteiger partial charge in [0.25, 0.3) is 0 Å². The van der Waals surface area contributed by atoms with Gasteiger partial charge >= 0.3 is 0 Å². The van der Waals surface area contributed by atoms with E-state index in [9.17, 15) is 0 Å². The molecule has 2 aromatic heterocycles. The van der Waals surface area contributed by atoms with Crippen molar-refractivity contribution in [2.45, 2.75) is 0 Å². The SMILES string of the molecule is c1ccc(-c2ccc(N(c3ccc(-c4ccc(-c5ccc6c(c5)c5ccccc5n6-c5ccccc5)cc4)cc3)c3cc4ccccc4c4c3oc3ccccc34)cc2)cc1. The summed E-state index contributed by atoms with van der Waals surface area (Å²) in [7, 11) is 0. The van der Waals surface area contributed by atoms with Gasteiger partial charge in [-0.2, -0.15) is 0 Å². The maximum atomic E-state index is 6.77. The Bertz CT molecular complexity index is 3550. The second-order valence-corrected chi connectivity index (χ2v) is 15.7. The van der Waals surface area contributed by atoms with Gasteiger partial charge in [-0.3, -0.25) is 0 Å². The van der Waals surface area contributed by atoms with Crippen LogP contribution in [0.2, 0.25) is 0 Å². The van der Waals surface area contributed by atoms with Crippen LogP contribution in [-0.4, -0.2) is 4.57 Å². The molecule has 0 amide bonds. The molecule has 0 aliphatic rings. The third-order valence-corrected chi connectivity index (χ3v) is 12.2. The molecular weight excluding hydrogens is 741 g/mol. The molecule has 0 saturated carbocycles. The third kappa shape index (κ3) is 5.90. The molecule has 2 heterocycles. The van der Waals surface area contributed by atoms with E-state index in [0.717, 1.165) is 44.6 Å². The van der Waals surface area contributed by atoms with Crippen LogP contribution in [0.5, 0.6) is 0 Å². The minimum Gasteiger partial charge on any atom is -0.454 e. The molecule has 0 aliphatic carbocycles. The molecule has 12 rings (SSSR count). The van der Waals surface area contributed by atoms with E-state index < -0.39 is 0 Å². The summed E-state index contributed by atoms with van der Waals surface area (Å²) in [5, 5.41) is 7.11. The largest absolute Gasteiger partial charge is 0.454 e. The van der Waals surface area contributed by atoms with E-state index in [1.807, 2.05) is 6.07 Å². The molecule has 61 heavy (non-hydrogen) atoms. The molecule has 0 saturated heterocycles. The Morgan fingerprint density at radius 1 is 0.344 bits per heavy atom. The van der Waals surface area contributed by atoms with Crippen LogP contribution in [0.4, 0.5) is 17.1 Å². The Morgan fingerprint density at radius 2 is 0.836 bits per heavy atom. The zero-order valence-corrected chi connectivity index (χ0v) is 33.2. The summed E-state index contributed by atoms with van der Waals surface area (Å²) < 4.78 is 9.14. The second-order valence-electron chi connectivity index (χ2n) is 15.7. The summed E-state index contributed by atoms with van der Waals surface area (Å²) >= 11 is 0. The molecule has 0 unspecified atom stereocenters. The first-order valence-corrected chi connectivity index (χ1v) is 20.8. The van der Waals surface area contributed by atoms with Crippen molar-refractivity contribution in [2.75, 3.05) is 4.90 Å². The highest BCUT2D eigenvalue weighted by molar-refractivity contribution is 6.23. The summed E-state index contributed by atoms with van der Waals surface area (Å²) in [6.07, 6.45) is 0.